The van der Waals surface area contributed by atoms with Crippen LogP contribution < -0.4 is 10.3 Å². The molecule has 2 aromatic carbocycles. The summed E-state index contributed by atoms with van der Waals surface area (Å²) >= 11 is 0. The topological polar surface area (TPSA) is 88.9 Å². The van der Waals surface area contributed by atoms with Gasteiger partial charge >= 0.3 is 0 Å². The molecule has 0 aliphatic carbocycles. The van der Waals surface area contributed by atoms with E-state index in [-0.39, 0.29) is 11.1 Å². The van der Waals surface area contributed by atoms with Gasteiger partial charge in [-0.3, -0.25) is 9.69 Å². The summed E-state index contributed by atoms with van der Waals surface area (Å²) < 4.78 is 7.19. The molecule has 0 atom stereocenters. The minimum Gasteiger partial charge on any atom is -0.497 e. The molecule has 0 spiro atoms. The number of H-pyrrole nitrogens is 1. The van der Waals surface area contributed by atoms with Crippen LogP contribution in [0.2, 0.25) is 0 Å². The molecule has 0 unspecified atom stereocenters. The number of ether oxygens (including phenoxy) is 1. The summed E-state index contributed by atoms with van der Waals surface area (Å²) in [6.45, 7) is 8.19. The van der Waals surface area contributed by atoms with E-state index in [9.17, 15) is 4.79 Å². The third-order valence-corrected chi connectivity index (χ3v) is 6.42. The first kappa shape index (κ1) is 23.6. The fraction of sp³-hybridized carbons (Fsp3) is 0.385. The van der Waals surface area contributed by atoms with Gasteiger partial charge in [-0.2, -0.15) is 0 Å². The molecule has 0 amide bonds. The van der Waals surface area contributed by atoms with Gasteiger partial charge in [-0.25, -0.2) is 4.68 Å². The number of rotatable bonds is 10. The molecular weight excluding hydrogens is 428 g/mol. The van der Waals surface area contributed by atoms with Gasteiger partial charge in [0.2, 0.25) is 0 Å². The molecule has 0 fully saturated rings. The van der Waals surface area contributed by atoms with Crippen molar-refractivity contribution < 1.29 is 4.74 Å². The number of hydrogen-bond acceptors (Lipinski definition) is 6. The lowest BCUT2D eigenvalue weighted by molar-refractivity contribution is 0.225. The minimum absolute atomic E-state index is 0.0982. The van der Waals surface area contributed by atoms with Crippen molar-refractivity contribution in [1.82, 2.24) is 30.1 Å². The van der Waals surface area contributed by atoms with Crippen molar-refractivity contribution in [2.45, 2.75) is 52.2 Å². The lowest BCUT2D eigenvalue weighted by Crippen LogP contribution is -2.33. The molecule has 4 rings (SSSR count). The molecule has 0 saturated carbocycles. The largest absolute Gasteiger partial charge is 0.497 e. The molecular formula is C26H32N6O2. The molecule has 2 heterocycles. The van der Waals surface area contributed by atoms with Crippen LogP contribution in [0.1, 0.15) is 44.1 Å². The van der Waals surface area contributed by atoms with Crippen molar-refractivity contribution in [2.75, 3.05) is 13.7 Å². The van der Waals surface area contributed by atoms with Gasteiger partial charge in [-0.15, -0.1) is 5.10 Å². The van der Waals surface area contributed by atoms with Gasteiger partial charge in [0.1, 0.15) is 5.75 Å². The van der Waals surface area contributed by atoms with E-state index in [0.717, 1.165) is 36.1 Å². The number of nitrogens with zero attached hydrogens (tertiary/aromatic N) is 5. The zero-order valence-corrected chi connectivity index (χ0v) is 20.3. The zero-order chi connectivity index (χ0) is 24.1. The van der Waals surface area contributed by atoms with Crippen LogP contribution in [0.4, 0.5) is 0 Å². The van der Waals surface area contributed by atoms with Crippen molar-refractivity contribution >= 4 is 10.9 Å². The number of hydrogen-bond donors (Lipinski definition) is 1. The number of tetrazole rings is 1. The normalized spacial score (nSPS) is 11.9. The third kappa shape index (κ3) is 5.34. The predicted molar refractivity (Wildman–Crippen MR) is 133 cm³/mol. The molecule has 0 radical (unpaired) electrons. The molecule has 178 valence electrons. The Morgan fingerprint density at radius 3 is 2.62 bits per heavy atom. The van der Waals surface area contributed by atoms with Crippen LogP contribution in [0.5, 0.6) is 5.75 Å². The molecule has 0 aliphatic heterocycles. The van der Waals surface area contributed by atoms with E-state index in [0.29, 0.717) is 24.4 Å². The zero-order valence-electron chi connectivity index (χ0n) is 20.3. The fourth-order valence-corrected chi connectivity index (χ4v) is 3.98. The Morgan fingerprint density at radius 1 is 1.09 bits per heavy atom. The van der Waals surface area contributed by atoms with Gasteiger partial charge in [0, 0.05) is 24.7 Å². The van der Waals surface area contributed by atoms with Crippen LogP contribution >= 0.6 is 0 Å². The summed E-state index contributed by atoms with van der Waals surface area (Å²) in [7, 11) is 1.62. The first-order chi connectivity index (χ1) is 16.4. The molecule has 0 aliphatic rings. The van der Waals surface area contributed by atoms with Crippen LogP contribution in [0.3, 0.4) is 0 Å². The van der Waals surface area contributed by atoms with Crippen LogP contribution in [0.15, 0.2) is 59.4 Å². The predicted octanol–water partition coefficient (Wildman–Crippen LogP) is 3.91. The van der Waals surface area contributed by atoms with Gasteiger partial charge in [0.25, 0.3) is 5.56 Å². The van der Waals surface area contributed by atoms with Crippen molar-refractivity contribution in [1.29, 1.82) is 0 Å². The summed E-state index contributed by atoms with van der Waals surface area (Å²) in [4.78, 5) is 18.2. The van der Waals surface area contributed by atoms with E-state index < -0.39 is 0 Å². The maximum absolute atomic E-state index is 12.9. The Labute approximate surface area is 199 Å². The second kappa shape index (κ2) is 10.2. The van der Waals surface area contributed by atoms with Crippen molar-refractivity contribution in [3.05, 3.63) is 81.9 Å². The van der Waals surface area contributed by atoms with Gasteiger partial charge in [-0.1, -0.05) is 37.3 Å². The minimum atomic E-state index is -0.191. The van der Waals surface area contributed by atoms with Crippen molar-refractivity contribution in [3.8, 4) is 5.75 Å². The van der Waals surface area contributed by atoms with Crippen LogP contribution in [0.25, 0.3) is 10.9 Å². The second-order valence-corrected chi connectivity index (χ2v) is 9.20. The summed E-state index contributed by atoms with van der Waals surface area (Å²) in [5.41, 5.74) is 2.43. The van der Waals surface area contributed by atoms with Gasteiger partial charge in [0.15, 0.2) is 5.82 Å². The van der Waals surface area contributed by atoms with E-state index in [4.69, 9.17) is 4.74 Å². The highest BCUT2D eigenvalue weighted by atomic mass is 16.5. The lowest BCUT2D eigenvalue weighted by Gasteiger charge is -2.27. The number of fused-ring (bicyclic) bond motifs is 1. The third-order valence-electron chi connectivity index (χ3n) is 6.42. The summed E-state index contributed by atoms with van der Waals surface area (Å²) in [6.07, 6.45) is 1.77. The standard InChI is InChI=1S/C26H32N6O2/c1-5-26(2,3)32-24(28-29-30-32)18-31(14-13-19-9-7-6-8-10-19)17-21-15-20-11-12-22(34-4)16-23(20)27-25(21)33/h6-12,15-16H,5,13-14,17-18H2,1-4H3,(H,27,33). The number of pyridine rings is 1. The molecule has 8 heteroatoms. The Hall–Kier alpha value is -3.52. The van der Waals surface area contributed by atoms with E-state index >= 15 is 0 Å². The quantitative estimate of drug-likeness (QED) is 0.386. The number of nitrogens with one attached hydrogen (secondary N) is 1. The van der Waals surface area contributed by atoms with Gasteiger partial charge in [0.05, 0.1) is 24.7 Å². The maximum atomic E-state index is 12.9. The number of aromatic nitrogens is 5. The summed E-state index contributed by atoms with van der Waals surface area (Å²) in [5.74, 6) is 1.51. The molecule has 4 aromatic rings. The van der Waals surface area contributed by atoms with Crippen LogP contribution in [-0.2, 0) is 25.0 Å². The fourth-order valence-electron chi connectivity index (χ4n) is 3.98. The monoisotopic (exact) mass is 460 g/mol. The Balaban J connectivity index is 1.62. The van der Waals surface area contributed by atoms with E-state index in [1.165, 1.54) is 5.56 Å². The van der Waals surface area contributed by atoms with Crippen LogP contribution in [0, 0.1) is 0 Å². The maximum Gasteiger partial charge on any atom is 0.252 e. The number of aromatic amines is 1. The number of benzene rings is 2. The first-order valence-corrected chi connectivity index (χ1v) is 11.6. The Kier molecular flexibility index (Phi) is 7.07. The smallest absolute Gasteiger partial charge is 0.252 e. The lowest BCUT2D eigenvalue weighted by atomic mass is 10.0. The van der Waals surface area contributed by atoms with E-state index in [1.807, 2.05) is 47.1 Å². The molecule has 1 N–H and O–H groups in total. The highest BCUT2D eigenvalue weighted by Gasteiger charge is 2.24. The van der Waals surface area contributed by atoms with E-state index in [2.05, 4.69) is 58.3 Å². The van der Waals surface area contributed by atoms with Crippen LogP contribution in [-0.4, -0.2) is 43.7 Å². The first-order valence-electron chi connectivity index (χ1n) is 11.6. The number of methoxy groups -OCH3 is 1. The highest BCUT2D eigenvalue weighted by Crippen LogP contribution is 2.21. The summed E-state index contributed by atoms with van der Waals surface area (Å²) in [6, 6.07) is 18.0. The summed E-state index contributed by atoms with van der Waals surface area (Å²) in [5, 5.41) is 13.5. The molecule has 8 nitrogen and oxygen atoms in total. The van der Waals surface area contributed by atoms with Gasteiger partial charge in [-0.05, 0) is 66.3 Å². The highest BCUT2D eigenvalue weighted by molar-refractivity contribution is 5.80. The van der Waals surface area contributed by atoms with Crippen molar-refractivity contribution in [3.63, 3.8) is 0 Å². The average Bonchev–Trinajstić information content (AvgIpc) is 3.32. The second-order valence-electron chi connectivity index (χ2n) is 9.20. The van der Waals surface area contributed by atoms with Gasteiger partial charge < -0.3 is 9.72 Å². The Morgan fingerprint density at radius 2 is 1.88 bits per heavy atom. The molecule has 34 heavy (non-hydrogen) atoms. The average molecular weight is 461 g/mol. The molecule has 0 saturated heterocycles. The SMILES string of the molecule is CCC(C)(C)n1nnnc1CN(CCc1ccccc1)Cc1cc2ccc(OC)cc2[nH]c1=O. The van der Waals surface area contributed by atoms with Crippen molar-refractivity contribution in [2.24, 2.45) is 0 Å². The molecule has 2 aromatic heterocycles. The Bertz CT molecular complexity index is 1300. The van der Waals surface area contributed by atoms with E-state index in [1.54, 1.807) is 7.11 Å². The molecule has 0 bridgehead atoms.